The van der Waals surface area contributed by atoms with Crippen LogP contribution in [0, 0.1) is 0 Å². The standard InChI is InChI=1S/C13H18NO2P/c1-13(11-7-4-3-5-8-11)12-9-6-10-14(12)17(15-2)16-13/h3-5,7-8,12H,6,9-10H2,1-2H3/t12-,13+,17+/m1/s1. The minimum Gasteiger partial charge on any atom is -0.325 e. The van der Waals surface area contributed by atoms with Crippen molar-refractivity contribution in [2.24, 2.45) is 0 Å². The molecule has 2 aliphatic rings. The van der Waals surface area contributed by atoms with E-state index < -0.39 is 8.53 Å². The van der Waals surface area contributed by atoms with E-state index in [9.17, 15) is 0 Å². The van der Waals surface area contributed by atoms with Crippen molar-refractivity contribution in [2.75, 3.05) is 13.7 Å². The molecule has 0 spiro atoms. The average Bonchev–Trinajstić information content (AvgIpc) is 2.94. The third-order valence-electron chi connectivity index (χ3n) is 3.84. The first-order valence-corrected chi connectivity index (χ1v) is 7.24. The van der Waals surface area contributed by atoms with Crippen molar-refractivity contribution >= 4 is 8.53 Å². The zero-order valence-corrected chi connectivity index (χ0v) is 11.2. The Bertz CT molecular complexity index is 400. The quantitative estimate of drug-likeness (QED) is 0.753. The van der Waals surface area contributed by atoms with Gasteiger partial charge in [0.05, 0.1) is 6.04 Å². The maximum absolute atomic E-state index is 6.22. The van der Waals surface area contributed by atoms with Crippen molar-refractivity contribution in [1.82, 2.24) is 4.67 Å². The van der Waals surface area contributed by atoms with Gasteiger partial charge in [0.25, 0.3) is 8.53 Å². The van der Waals surface area contributed by atoms with Gasteiger partial charge in [0.1, 0.15) is 5.60 Å². The minimum absolute atomic E-state index is 0.209. The summed E-state index contributed by atoms with van der Waals surface area (Å²) in [6, 6.07) is 11.0. The Hall–Kier alpha value is -0.470. The van der Waals surface area contributed by atoms with Gasteiger partial charge in [-0.2, -0.15) is 0 Å². The molecule has 0 amide bonds. The molecule has 17 heavy (non-hydrogen) atoms. The molecule has 92 valence electrons. The fourth-order valence-electron chi connectivity index (χ4n) is 2.94. The van der Waals surface area contributed by atoms with Crippen LogP contribution in [0.3, 0.4) is 0 Å². The molecule has 2 heterocycles. The molecule has 0 unspecified atom stereocenters. The van der Waals surface area contributed by atoms with Crippen molar-refractivity contribution in [1.29, 1.82) is 0 Å². The summed E-state index contributed by atoms with van der Waals surface area (Å²) < 4.78 is 14.1. The Balaban J connectivity index is 1.97. The van der Waals surface area contributed by atoms with Gasteiger partial charge in [0.15, 0.2) is 0 Å². The molecule has 3 rings (SSSR count). The van der Waals surface area contributed by atoms with Crippen molar-refractivity contribution in [3.63, 3.8) is 0 Å². The maximum atomic E-state index is 6.22. The van der Waals surface area contributed by atoms with Crippen LogP contribution in [-0.4, -0.2) is 24.4 Å². The predicted molar refractivity (Wildman–Crippen MR) is 68.5 cm³/mol. The van der Waals surface area contributed by atoms with Gasteiger partial charge in [-0.1, -0.05) is 30.3 Å². The summed E-state index contributed by atoms with van der Waals surface area (Å²) in [5, 5.41) is 0. The normalized spacial score (nSPS) is 37.3. The summed E-state index contributed by atoms with van der Waals surface area (Å²) in [7, 11) is 0.886. The Morgan fingerprint density at radius 1 is 1.41 bits per heavy atom. The maximum Gasteiger partial charge on any atom is 0.259 e. The summed E-state index contributed by atoms with van der Waals surface area (Å²) in [4.78, 5) is 0. The number of nitrogens with zero attached hydrogens (tertiary/aromatic N) is 1. The summed E-state index contributed by atoms with van der Waals surface area (Å²) >= 11 is 0. The zero-order chi connectivity index (χ0) is 11.9. The largest absolute Gasteiger partial charge is 0.325 e. The van der Waals surface area contributed by atoms with Gasteiger partial charge in [0, 0.05) is 13.7 Å². The lowest BCUT2D eigenvalue weighted by atomic mass is 9.87. The third kappa shape index (κ3) is 1.73. The van der Waals surface area contributed by atoms with Crippen molar-refractivity contribution in [3.8, 4) is 0 Å². The number of fused-ring (bicyclic) bond motifs is 1. The van der Waals surface area contributed by atoms with Gasteiger partial charge < -0.3 is 9.05 Å². The smallest absolute Gasteiger partial charge is 0.259 e. The molecule has 1 aromatic carbocycles. The first-order valence-electron chi connectivity index (χ1n) is 6.11. The van der Waals surface area contributed by atoms with Gasteiger partial charge in [-0.15, -0.1) is 0 Å². The molecule has 0 aromatic heterocycles. The SMILES string of the molecule is CO[P@@]1O[C@@](C)(c2ccccc2)[C@H]2CCCN21. The van der Waals surface area contributed by atoms with Crippen LogP contribution in [0.25, 0.3) is 0 Å². The summed E-state index contributed by atoms with van der Waals surface area (Å²) in [5.74, 6) is 0. The van der Waals surface area contributed by atoms with Gasteiger partial charge in [-0.25, -0.2) is 4.67 Å². The molecule has 2 fully saturated rings. The lowest BCUT2D eigenvalue weighted by Crippen LogP contribution is -2.36. The molecule has 4 heteroatoms. The van der Waals surface area contributed by atoms with Crippen molar-refractivity contribution in [2.45, 2.75) is 31.4 Å². The molecular weight excluding hydrogens is 233 g/mol. The minimum atomic E-state index is -0.861. The Labute approximate surface area is 104 Å². The predicted octanol–water partition coefficient (Wildman–Crippen LogP) is 3.27. The third-order valence-corrected chi connectivity index (χ3v) is 5.59. The molecule has 0 N–H and O–H groups in total. The molecule has 0 saturated carbocycles. The van der Waals surface area contributed by atoms with Crippen LogP contribution in [-0.2, 0) is 14.6 Å². The Kier molecular flexibility index (Phi) is 2.95. The van der Waals surface area contributed by atoms with E-state index >= 15 is 0 Å². The second-order valence-corrected chi connectivity index (χ2v) is 6.34. The van der Waals surface area contributed by atoms with Crippen LogP contribution >= 0.6 is 8.53 Å². The highest BCUT2D eigenvalue weighted by molar-refractivity contribution is 7.44. The van der Waals surface area contributed by atoms with E-state index in [1.165, 1.54) is 18.4 Å². The van der Waals surface area contributed by atoms with E-state index in [1.807, 2.05) is 6.07 Å². The fraction of sp³-hybridized carbons (Fsp3) is 0.538. The van der Waals surface area contributed by atoms with E-state index in [2.05, 4.69) is 35.9 Å². The molecule has 0 aliphatic carbocycles. The Morgan fingerprint density at radius 2 is 2.18 bits per heavy atom. The lowest BCUT2D eigenvalue weighted by Gasteiger charge is -2.29. The van der Waals surface area contributed by atoms with E-state index in [0.29, 0.717) is 6.04 Å². The average molecular weight is 251 g/mol. The molecule has 0 bridgehead atoms. The number of rotatable bonds is 2. The van der Waals surface area contributed by atoms with Gasteiger partial charge in [0.2, 0.25) is 0 Å². The number of benzene rings is 1. The van der Waals surface area contributed by atoms with Gasteiger partial charge >= 0.3 is 0 Å². The molecule has 1 aromatic rings. The van der Waals surface area contributed by atoms with Crippen LogP contribution in [0.15, 0.2) is 30.3 Å². The van der Waals surface area contributed by atoms with Crippen LogP contribution in [0.2, 0.25) is 0 Å². The highest BCUT2D eigenvalue weighted by Crippen LogP contribution is 2.62. The van der Waals surface area contributed by atoms with Crippen molar-refractivity contribution < 1.29 is 9.05 Å². The van der Waals surface area contributed by atoms with E-state index in [4.69, 9.17) is 9.05 Å². The van der Waals surface area contributed by atoms with Crippen LogP contribution in [0.4, 0.5) is 0 Å². The zero-order valence-electron chi connectivity index (χ0n) is 10.3. The van der Waals surface area contributed by atoms with Crippen LogP contribution in [0.5, 0.6) is 0 Å². The monoisotopic (exact) mass is 251 g/mol. The highest BCUT2D eigenvalue weighted by Gasteiger charge is 2.54. The molecule has 2 aliphatic heterocycles. The lowest BCUT2D eigenvalue weighted by molar-refractivity contribution is 0.0810. The Morgan fingerprint density at radius 3 is 2.88 bits per heavy atom. The molecular formula is C13H18NO2P. The highest BCUT2D eigenvalue weighted by atomic mass is 31.2. The van der Waals surface area contributed by atoms with Crippen molar-refractivity contribution in [3.05, 3.63) is 35.9 Å². The van der Waals surface area contributed by atoms with Gasteiger partial charge in [-0.05, 0) is 25.3 Å². The molecule has 3 nitrogen and oxygen atoms in total. The first-order chi connectivity index (χ1) is 8.25. The summed E-state index contributed by atoms with van der Waals surface area (Å²) in [6.07, 6.45) is 2.45. The first kappa shape index (κ1) is 11.6. The fourth-order valence-corrected chi connectivity index (χ4v) is 4.75. The number of hydrogen-bond acceptors (Lipinski definition) is 3. The molecule has 3 atom stereocenters. The van der Waals surface area contributed by atoms with Crippen LogP contribution < -0.4 is 0 Å². The van der Waals surface area contributed by atoms with Gasteiger partial charge in [-0.3, -0.25) is 0 Å². The van der Waals surface area contributed by atoms with Crippen LogP contribution in [0.1, 0.15) is 25.3 Å². The second-order valence-electron chi connectivity index (χ2n) is 4.81. The second kappa shape index (κ2) is 4.33. The summed E-state index contributed by atoms with van der Waals surface area (Å²) in [5.41, 5.74) is 1.05. The topological polar surface area (TPSA) is 21.7 Å². The van der Waals surface area contributed by atoms with E-state index in [0.717, 1.165) is 6.54 Å². The van der Waals surface area contributed by atoms with E-state index in [-0.39, 0.29) is 5.60 Å². The van der Waals surface area contributed by atoms with E-state index in [1.54, 1.807) is 7.11 Å². The molecule has 0 radical (unpaired) electrons. The molecule has 2 saturated heterocycles. The number of hydrogen-bond donors (Lipinski definition) is 0. The summed E-state index contributed by atoms with van der Waals surface area (Å²) in [6.45, 7) is 3.30.